The molecule has 95 heavy (non-hydrogen) atoms. The SMILES string of the molecule is CSCC[C@H](NC(=O)[C@H](CC(C)C)NC(=O)CNC(=O)[C@H](Cc1ccccc1)NC(=O)[C@H](Cc1ccccc1)NC(=O)[C@H](CCC(N)=O)NC(=O)[C@H](CCC(N)=O)NC(=O)[C@@H]1CCCN1C(=O)[C@H](CCCC[NH3+])NC(=O)[C@@H]1CCCN1C(=O)[C@@H]([NH3+])CCC[NH+]=C(N)N)C(N)=O. The predicted octanol–water partition coefficient (Wildman–Crippen LogP) is -7.06. The number of amides is 13. The molecule has 13 amide bonds. The summed E-state index contributed by atoms with van der Waals surface area (Å²) in [7, 11) is 0. The number of nitrogens with one attached hydrogen (secondary N) is 9. The van der Waals surface area contributed by atoms with Gasteiger partial charge in [-0.25, -0.2) is 0 Å². The van der Waals surface area contributed by atoms with Gasteiger partial charge < -0.3 is 81.0 Å². The highest BCUT2D eigenvalue weighted by molar-refractivity contribution is 7.98. The topological polar surface area (TPSA) is 524 Å². The highest BCUT2D eigenvalue weighted by atomic mass is 32.2. The van der Waals surface area contributed by atoms with Gasteiger partial charge in [0.05, 0.1) is 19.6 Å². The van der Waals surface area contributed by atoms with E-state index in [0.717, 1.165) is 0 Å². The first-order valence-corrected chi connectivity index (χ1v) is 33.8. The van der Waals surface area contributed by atoms with Crippen LogP contribution in [0.4, 0.5) is 0 Å². The zero-order valence-electron chi connectivity index (χ0n) is 54.8. The van der Waals surface area contributed by atoms with Gasteiger partial charge in [0.25, 0.3) is 5.91 Å². The van der Waals surface area contributed by atoms with Crippen LogP contribution >= 0.6 is 11.8 Å². The molecular formula is C63H101N18O13S+3. The number of likely N-dealkylation sites (tertiary alicyclic amines) is 2. The van der Waals surface area contributed by atoms with Gasteiger partial charge in [-0.2, -0.15) is 11.8 Å². The van der Waals surface area contributed by atoms with E-state index in [2.05, 4.69) is 59.0 Å². The van der Waals surface area contributed by atoms with Crippen LogP contribution in [0, 0.1) is 5.92 Å². The standard InChI is InChI=1S/C63H98N18O13S/c1-37(2)33-45(57(89)74-41(53(68)85)27-32-95-3)73-52(84)36-72-54(86)46(34-38-15-6-4-7-16-38)78-58(90)47(35-39-17-8-5-9-18-39)79-56(88)42(23-25-50(66)82)75-55(87)43(24-26-51(67)83)76-59(91)49-22-14-31-81(49)62(94)44(20-10-11-28-64)77-60(92)48-21-13-30-80(48)61(93)40(65)19-12-29-71-63(69)70/h4-9,15-18,37,40-49H,10-14,19-36,64-65H2,1-3H3,(H2,66,82)(H2,67,83)(H2,68,85)(H,72,86)(H,73,84)(H,74,89)(H,75,87)(H,76,91)(H,77,92)(H,78,90)(H,79,88)(H4,69,70,71)/p+3/t40-,41-,42-,43-,44-,45-,46-,47-,48-,49-/m0/s1. The largest absolute Gasteiger partial charge is 0.370 e. The molecule has 4 rings (SSSR count). The van der Waals surface area contributed by atoms with Crippen LogP contribution in [0.5, 0.6) is 0 Å². The van der Waals surface area contributed by atoms with E-state index >= 15 is 0 Å². The Bertz CT molecular complexity index is 2960. The van der Waals surface area contributed by atoms with Crippen LogP contribution in [-0.4, -0.2) is 198 Å². The molecule has 2 aromatic rings. The van der Waals surface area contributed by atoms with E-state index < -0.39 is 157 Å². The van der Waals surface area contributed by atoms with Crippen LogP contribution < -0.4 is 87.7 Å². The Morgan fingerprint density at radius 3 is 1.52 bits per heavy atom. The Balaban J connectivity index is 1.56. The molecule has 2 aromatic carbocycles. The molecule has 0 aliphatic carbocycles. The second-order valence-electron chi connectivity index (χ2n) is 24.4. The summed E-state index contributed by atoms with van der Waals surface area (Å²) in [4.78, 5) is 184. The number of primary amides is 3. The smallest absolute Gasteiger partial charge is 0.338 e. The number of unbranched alkanes of at least 4 members (excludes halogenated alkanes) is 1. The first-order valence-electron chi connectivity index (χ1n) is 32.4. The number of quaternary nitrogens is 2. The van der Waals surface area contributed by atoms with Crippen molar-refractivity contribution in [3.63, 3.8) is 0 Å². The van der Waals surface area contributed by atoms with E-state index in [-0.39, 0.29) is 69.3 Å². The van der Waals surface area contributed by atoms with Gasteiger partial charge in [0.2, 0.25) is 70.9 Å². The van der Waals surface area contributed by atoms with Gasteiger partial charge >= 0.3 is 5.96 Å². The van der Waals surface area contributed by atoms with Crippen LogP contribution in [0.1, 0.15) is 121 Å². The minimum atomic E-state index is -1.63. The Labute approximate surface area is 558 Å². The average molecular weight is 1350 g/mol. The molecule has 2 heterocycles. The molecule has 2 aliphatic heterocycles. The van der Waals surface area contributed by atoms with E-state index in [4.69, 9.17) is 28.7 Å². The molecule has 2 aliphatic rings. The van der Waals surface area contributed by atoms with Crippen LogP contribution in [0.2, 0.25) is 0 Å². The fraction of sp³-hybridized carbons (Fsp3) is 0.587. The van der Waals surface area contributed by atoms with Gasteiger partial charge in [0.15, 0.2) is 6.04 Å². The van der Waals surface area contributed by atoms with Gasteiger partial charge in [-0.1, -0.05) is 74.5 Å². The third kappa shape index (κ3) is 27.5. The molecule has 10 atom stereocenters. The number of carbonyl (C=O) groups excluding carboxylic acids is 13. The molecule has 0 bridgehead atoms. The summed E-state index contributed by atoms with van der Waals surface area (Å²) >= 11 is 1.46. The molecule has 0 spiro atoms. The maximum Gasteiger partial charge on any atom is 0.338 e. The molecule has 0 aromatic heterocycles. The highest BCUT2D eigenvalue weighted by Crippen LogP contribution is 2.23. The Morgan fingerprint density at radius 2 is 1.02 bits per heavy atom. The summed E-state index contributed by atoms with van der Waals surface area (Å²) in [5, 5.41) is 21.2. The first kappa shape index (κ1) is 78.5. The van der Waals surface area contributed by atoms with Crippen LogP contribution in [-0.2, 0) is 75.2 Å². The van der Waals surface area contributed by atoms with Gasteiger partial charge in [0, 0.05) is 45.2 Å². The highest BCUT2D eigenvalue weighted by Gasteiger charge is 2.43. The Kier molecular flexibility index (Phi) is 33.9. The third-order valence-electron chi connectivity index (χ3n) is 16.2. The fourth-order valence-corrected chi connectivity index (χ4v) is 11.6. The normalized spacial score (nSPS) is 16.8. The molecule has 0 saturated carbocycles. The molecule has 2 saturated heterocycles. The van der Waals surface area contributed by atoms with Crippen LogP contribution in [0.25, 0.3) is 0 Å². The van der Waals surface area contributed by atoms with E-state index in [0.29, 0.717) is 81.5 Å². The molecule has 31 nitrogen and oxygen atoms in total. The molecular weight excluding hydrogens is 1250 g/mol. The second-order valence-corrected chi connectivity index (χ2v) is 25.3. The number of guanidine groups is 1. The molecule has 2 fully saturated rings. The second kappa shape index (κ2) is 41.0. The summed E-state index contributed by atoms with van der Waals surface area (Å²) in [6.07, 6.45) is 3.83. The molecule has 32 heteroatoms. The van der Waals surface area contributed by atoms with Crippen molar-refractivity contribution in [1.82, 2.24) is 52.3 Å². The zero-order valence-corrected chi connectivity index (χ0v) is 55.6. The lowest BCUT2D eigenvalue weighted by Gasteiger charge is -2.31. The minimum Gasteiger partial charge on any atom is -0.370 e. The summed E-state index contributed by atoms with van der Waals surface area (Å²) in [6.45, 7) is 4.38. The Hall–Kier alpha value is -8.91. The fourth-order valence-electron chi connectivity index (χ4n) is 11.1. The average Bonchev–Trinajstić information content (AvgIpc) is 1.74. The first-order chi connectivity index (χ1) is 45.2. The van der Waals surface area contributed by atoms with E-state index in [1.54, 1.807) is 60.7 Å². The lowest BCUT2D eigenvalue weighted by molar-refractivity contribution is -0.463. The lowest BCUT2D eigenvalue weighted by Crippen LogP contribution is -2.78. The van der Waals surface area contributed by atoms with Gasteiger partial charge in [-0.05, 0) is 106 Å². The number of carbonyl (C=O) groups is 13. The zero-order chi connectivity index (χ0) is 70.1. The summed E-state index contributed by atoms with van der Waals surface area (Å²) in [6, 6.07) is 5.00. The summed E-state index contributed by atoms with van der Waals surface area (Å²) < 4.78 is 0. The Morgan fingerprint density at radius 1 is 0.547 bits per heavy atom. The molecule has 25 N–H and O–H groups in total. The predicted molar refractivity (Wildman–Crippen MR) is 352 cm³/mol. The number of hydrogen-bond donors (Lipinski definition) is 16. The van der Waals surface area contributed by atoms with Crippen molar-refractivity contribution < 1.29 is 78.8 Å². The number of nitrogens with zero attached hydrogens (tertiary/aromatic N) is 2. The number of rotatable bonds is 42. The minimum absolute atomic E-state index is 0.0470. The van der Waals surface area contributed by atoms with Crippen molar-refractivity contribution in [1.29, 1.82) is 0 Å². The number of thioether (sulfide) groups is 1. The monoisotopic (exact) mass is 1350 g/mol. The maximum absolute atomic E-state index is 14.7. The van der Waals surface area contributed by atoms with E-state index in [1.807, 2.05) is 20.1 Å². The van der Waals surface area contributed by atoms with E-state index in [1.165, 1.54) is 21.6 Å². The summed E-state index contributed by atoms with van der Waals surface area (Å²) in [5.41, 5.74) is 36.7. The third-order valence-corrected chi connectivity index (χ3v) is 16.8. The lowest BCUT2D eigenvalue weighted by atomic mass is 10.0. The maximum atomic E-state index is 14.7. The van der Waals surface area contributed by atoms with Gasteiger partial charge in [-0.15, -0.1) is 0 Å². The van der Waals surface area contributed by atoms with Crippen molar-refractivity contribution in [3.05, 3.63) is 71.8 Å². The number of benzene rings is 2. The van der Waals surface area contributed by atoms with Crippen LogP contribution in [0.15, 0.2) is 60.7 Å². The van der Waals surface area contributed by atoms with Gasteiger partial charge in [-0.3, -0.25) is 78.8 Å². The quantitative estimate of drug-likeness (QED) is 0.0167. The van der Waals surface area contributed by atoms with Crippen molar-refractivity contribution >= 4 is 94.5 Å². The summed E-state index contributed by atoms with van der Waals surface area (Å²) in [5.74, 6) is -9.36. The molecule has 524 valence electrons. The van der Waals surface area contributed by atoms with E-state index in [9.17, 15) is 62.3 Å². The molecule has 0 radical (unpaired) electrons. The van der Waals surface area contributed by atoms with Crippen LogP contribution in [0.3, 0.4) is 0 Å². The number of nitrogens with two attached hydrogens (primary N) is 5. The van der Waals surface area contributed by atoms with Crippen molar-refractivity contribution in [3.8, 4) is 0 Å². The van der Waals surface area contributed by atoms with Crippen molar-refractivity contribution in [2.75, 3.05) is 44.7 Å². The number of hydrogen-bond acceptors (Lipinski definition) is 14. The van der Waals surface area contributed by atoms with Crippen molar-refractivity contribution in [2.24, 2.45) is 34.6 Å². The van der Waals surface area contributed by atoms with Crippen molar-refractivity contribution in [2.45, 2.75) is 183 Å². The molecule has 0 unspecified atom stereocenters. The van der Waals surface area contributed by atoms with Gasteiger partial charge in [0.1, 0.15) is 54.4 Å².